The van der Waals surface area contributed by atoms with Crippen molar-refractivity contribution in [3.05, 3.63) is 28.1 Å². The fourth-order valence-electron chi connectivity index (χ4n) is 6.06. The molecule has 2 saturated heterocycles. The molecular weight excluding hydrogens is 436 g/mol. The predicted molar refractivity (Wildman–Crippen MR) is 129 cm³/mol. The van der Waals surface area contributed by atoms with Crippen LogP contribution < -0.4 is 10.6 Å². The Balaban J connectivity index is 1.56. The average Bonchev–Trinajstić information content (AvgIpc) is 3.41. The standard InChI is InChI=1S/C25H38N4O3S/c1-15(2)19-14-33(30)24-21(18-6-10-26-11-7-18)22(25-29-28-16(3)32-25)20(27-23(19)24)5-4-17-8-12-31-13-9-17/h15,17-19,21,26-27H,4-14H2,1-3H3. The molecule has 1 aromatic heterocycles. The van der Waals surface area contributed by atoms with Gasteiger partial charge in [0.25, 0.3) is 0 Å². The second-order valence-electron chi connectivity index (χ2n) is 10.4. The lowest BCUT2D eigenvalue weighted by molar-refractivity contribution is 0.0639. The van der Waals surface area contributed by atoms with Crippen LogP contribution in [-0.2, 0) is 15.5 Å². The first-order valence-corrected chi connectivity index (χ1v) is 14.1. The highest BCUT2D eigenvalue weighted by Crippen LogP contribution is 2.50. The Morgan fingerprint density at radius 1 is 1.12 bits per heavy atom. The van der Waals surface area contributed by atoms with Gasteiger partial charge in [0.1, 0.15) is 0 Å². The molecule has 5 rings (SSSR count). The number of aromatic nitrogens is 2. The fourth-order valence-corrected chi connectivity index (χ4v) is 8.15. The van der Waals surface area contributed by atoms with E-state index < -0.39 is 10.8 Å². The molecule has 0 aliphatic carbocycles. The first-order chi connectivity index (χ1) is 16.0. The average molecular weight is 475 g/mol. The second kappa shape index (κ2) is 10.0. The molecule has 4 aliphatic rings. The number of allylic oxidation sites excluding steroid dienone is 4. The van der Waals surface area contributed by atoms with Crippen LogP contribution in [0.2, 0.25) is 0 Å². The van der Waals surface area contributed by atoms with Crippen LogP contribution in [0, 0.1) is 36.5 Å². The van der Waals surface area contributed by atoms with E-state index in [9.17, 15) is 4.21 Å². The van der Waals surface area contributed by atoms with Gasteiger partial charge in [-0.05, 0) is 69.4 Å². The highest BCUT2D eigenvalue weighted by molar-refractivity contribution is 7.89. The molecule has 0 amide bonds. The molecule has 7 nitrogen and oxygen atoms in total. The van der Waals surface area contributed by atoms with E-state index in [0.29, 0.717) is 35.5 Å². The van der Waals surface area contributed by atoms with Gasteiger partial charge in [0.05, 0.1) is 10.8 Å². The Hall–Kier alpha value is -1.51. The molecule has 33 heavy (non-hydrogen) atoms. The second-order valence-corrected chi connectivity index (χ2v) is 11.9. The van der Waals surface area contributed by atoms with Crippen molar-refractivity contribution in [3.8, 4) is 0 Å². The largest absolute Gasteiger partial charge is 0.421 e. The lowest BCUT2D eigenvalue weighted by Crippen LogP contribution is -2.37. The molecule has 4 aliphatic heterocycles. The van der Waals surface area contributed by atoms with Gasteiger partial charge in [-0.2, -0.15) is 0 Å². The number of hydrogen-bond donors (Lipinski definition) is 2. The van der Waals surface area contributed by atoms with Crippen LogP contribution in [-0.4, -0.2) is 46.5 Å². The molecule has 2 N–H and O–H groups in total. The number of nitrogens with zero attached hydrogens (tertiary/aromatic N) is 2. The van der Waals surface area contributed by atoms with Gasteiger partial charge in [-0.15, -0.1) is 10.2 Å². The first-order valence-electron chi connectivity index (χ1n) is 12.7. The number of nitrogens with one attached hydrogen (secondary N) is 2. The molecule has 2 fully saturated rings. The van der Waals surface area contributed by atoms with Gasteiger partial charge in [0.15, 0.2) is 0 Å². The summed E-state index contributed by atoms with van der Waals surface area (Å²) in [4.78, 5) is 1.11. The topological polar surface area (TPSA) is 89.3 Å². The lowest BCUT2D eigenvalue weighted by atomic mass is 9.75. The van der Waals surface area contributed by atoms with E-state index in [1.165, 1.54) is 11.4 Å². The van der Waals surface area contributed by atoms with Crippen LogP contribution in [0.1, 0.15) is 64.2 Å². The maximum atomic E-state index is 13.6. The molecule has 3 unspecified atom stereocenters. The smallest absolute Gasteiger partial charge is 0.246 e. The number of hydrogen-bond acceptors (Lipinski definition) is 7. The van der Waals surface area contributed by atoms with Crippen LogP contribution in [0.3, 0.4) is 0 Å². The van der Waals surface area contributed by atoms with Gasteiger partial charge in [-0.1, -0.05) is 13.8 Å². The molecule has 0 saturated carbocycles. The summed E-state index contributed by atoms with van der Waals surface area (Å²) in [6.45, 7) is 10.1. The minimum atomic E-state index is -0.976. The van der Waals surface area contributed by atoms with Crippen molar-refractivity contribution in [2.45, 2.75) is 59.3 Å². The van der Waals surface area contributed by atoms with Crippen LogP contribution in [0.4, 0.5) is 0 Å². The highest BCUT2D eigenvalue weighted by Gasteiger charge is 2.46. The predicted octanol–water partition coefficient (Wildman–Crippen LogP) is 3.76. The molecule has 1 aromatic rings. The summed E-state index contributed by atoms with van der Waals surface area (Å²) in [5.41, 5.74) is 3.57. The maximum Gasteiger partial charge on any atom is 0.246 e. The van der Waals surface area contributed by atoms with Crippen LogP contribution in [0.5, 0.6) is 0 Å². The quantitative estimate of drug-likeness (QED) is 0.649. The van der Waals surface area contributed by atoms with Gasteiger partial charge < -0.3 is 19.8 Å². The fraction of sp³-hybridized carbons (Fsp3) is 0.760. The molecular formula is C25H38N4O3S. The van der Waals surface area contributed by atoms with Crippen molar-refractivity contribution in [3.63, 3.8) is 0 Å². The molecule has 0 bridgehead atoms. The molecule has 182 valence electrons. The zero-order chi connectivity index (χ0) is 22.9. The van der Waals surface area contributed by atoms with E-state index >= 15 is 0 Å². The zero-order valence-electron chi connectivity index (χ0n) is 20.2. The van der Waals surface area contributed by atoms with Crippen molar-refractivity contribution >= 4 is 16.4 Å². The van der Waals surface area contributed by atoms with Gasteiger partial charge in [-0.3, -0.25) is 4.21 Å². The minimum Gasteiger partial charge on any atom is -0.421 e. The van der Waals surface area contributed by atoms with Crippen molar-refractivity contribution in [1.29, 1.82) is 0 Å². The number of piperidine rings is 1. The summed E-state index contributed by atoms with van der Waals surface area (Å²) in [5.74, 6) is 3.90. The normalized spacial score (nSPS) is 29.6. The SMILES string of the molecule is Cc1nnc(C2=C(CCC3CCOCC3)NC3=C(C2C2CCNCC2)S(=O)CC3C(C)C)o1. The Morgan fingerprint density at radius 3 is 2.55 bits per heavy atom. The highest BCUT2D eigenvalue weighted by atomic mass is 32.2. The molecule has 0 aromatic carbocycles. The molecule has 5 heterocycles. The maximum absolute atomic E-state index is 13.6. The van der Waals surface area contributed by atoms with Gasteiger partial charge in [0, 0.05) is 59.6 Å². The summed E-state index contributed by atoms with van der Waals surface area (Å²) in [7, 11) is -0.976. The van der Waals surface area contributed by atoms with Crippen molar-refractivity contribution in [1.82, 2.24) is 20.8 Å². The Labute approximate surface area is 199 Å². The summed E-state index contributed by atoms with van der Waals surface area (Å²) in [6, 6.07) is 0. The van der Waals surface area contributed by atoms with E-state index in [2.05, 4.69) is 34.7 Å². The molecule has 0 radical (unpaired) electrons. The molecule has 3 atom stereocenters. The summed E-state index contributed by atoms with van der Waals surface area (Å²) in [6.07, 6.45) is 6.50. The number of rotatable bonds is 6. The molecule has 8 heteroatoms. The van der Waals surface area contributed by atoms with Crippen LogP contribution in [0.15, 0.2) is 20.7 Å². The Bertz CT molecular complexity index is 941. The van der Waals surface area contributed by atoms with E-state index in [0.717, 1.165) is 81.1 Å². The summed E-state index contributed by atoms with van der Waals surface area (Å²) in [5, 5.41) is 16.0. The van der Waals surface area contributed by atoms with E-state index in [-0.39, 0.29) is 5.92 Å². The van der Waals surface area contributed by atoms with Crippen molar-refractivity contribution in [2.75, 3.05) is 32.1 Å². The van der Waals surface area contributed by atoms with Crippen LogP contribution >= 0.6 is 0 Å². The van der Waals surface area contributed by atoms with Crippen LogP contribution in [0.25, 0.3) is 5.57 Å². The molecule has 0 spiro atoms. The van der Waals surface area contributed by atoms with Crippen molar-refractivity contribution < 1.29 is 13.4 Å². The lowest BCUT2D eigenvalue weighted by Gasteiger charge is -2.38. The van der Waals surface area contributed by atoms with E-state index in [1.807, 2.05) is 6.92 Å². The first kappa shape index (κ1) is 23.2. The Morgan fingerprint density at radius 2 is 1.88 bits per heavy atom. The Kier molecular flexibility index (Phi) is 7.04. The van der Waals surface area contributed by atoms with E-state index in [4.69, 9.17) is 9.15 Å². The summed E-state index contributed by atoms with van der Waals surface area (Å²) < 4.78 is 25.2. The van der Waals surface area contributed by atoms with Crippen molar-refractivity contribution in [2.24, 2.45) is 29.6 Å². The third-order valence-electron chi connectivity index (χ3n) is 7.98. The third kappa shape index (κ3) is 4.71. The third-order valence-corrected chi connectivity index (χ3v) is 9.60. The zero-order valence-corrected chi connectivity index (χ0v) is 21.0. The number of ether oxygens (including phenoxy) is 1. The van der Waals surface area contributed by atoms with Gasteiger partial charge in [-0.25, -0.2) is 0 Å². The van der Waals surface area contributed by atoms with E-state index in [1.54, 1.807) is 0 Å². The number of dihydropyridines is 1. The summed E-state index contributed by atoms with van der Waals surface area (Å²) >= 11 is 0. The van der Waals surface area contributed by atoms with Gasteiger partial charge in [0.2, 0.25) is 11.8 Å². The number of aryl methyl sites for hydroxylation is 1. The van der Waals surface area contributed by atoms with Gasteiger partial charge >= 0.3 is 0 Å². The monoisotopic (exact) mass is 474 g/mol. The minimum absolute atomic E-state index is 0.0949.